The van der Waals surface area contributed by atoms with E-state index in [1.165, 1.54) is 16.8 Å². The molecule has 176 valence electrons. The topological polar surface area (TPSA) is 129 Å². The quantitative estimate of drug-likeness (QED) is 0.474. The van der Waals surface area contributed by atoms with E-state index in [2.05, 4.69) is 9.71 Å². The Labute approximate surface area is 186 Å². The summed E-state index contributed by atoms with van der Waals surface area (Å²) < 4.78 is 45.4. The Hall–Kier alpha value is -2.47. The van der Waals surface area contributed by atoms with Crippen LogP contribution in [-0.4, -0.2) is 49.6 Å². The second-order valence-corrected chi connectivity index (χ2v) is 9.50. The Morgan fingerprint density at radius 2 is 2.03 bits per heavy atom. The van der Waals surface area contributed by atoms with Crippen LogP contribution in [0, 0.1) is 0 Å². The normalized spacial score (nSPS) is 16.0. The van der Waals surface area contributed by atoms with E-state index in [0.717, 1.165) is 18.4 Å². The van der Waals surface area contributed by atoms with Gasteiger partial charge in [-0.2, -0.15) is 0 Å². The molecule has 1 atom stereocenters. The van der Waals surface area contributed by atoms with Gasteiger partial charge in [-0.15, -0.1) is 0 Å². The van der Waals surface area contributed by atoms with Crippen LogP contribution in [0.5, 0.6) is 5.75 Å². The van der Waals surface area contributed by atoms with Gasteiger partial charge in [-0.25, -0.2) is 17.9 Å². The van der Waals surface area contributed by atoms with Gasteiger partial charge in [0.15, 0.2) is 0 Å². The van der Waals surface area contributed by atoms with E-state index in [-0.39, 0.29) is 31.6 Å². The predicted molar refractivity (Wildman–Crippen MR) is 118 cm³/mol. The van der Waals surface area contributed by atoms with Gasteiger partial charge in [0.1, 0.15) is 18.6 Å². The molecule has 2 heterocycles. The van der Waals surface area contributed by atoms with Crippen LogP contribution in [-0.2, 0) is 26.2 Å². The van der Waals surface area contributed by atoms with Crippen molar-refractivity contribution in [3.8, 4) is 5.75 Å². The van der Waals surface area contributed by atoms with Crippen molar-refractivity contribution in [3.63, 3.8) is 0 Å². The Bertz CT molecular complexity index is 1090. The highest BCUT2D eigenvalue weighted by molar-refractivity contribution is 7.89. The lowest BCUT2D eigenvalue weighted by Crippen LogP contribution is -2.30. The molecule has 10 nitrogen and oxygen atoms in total. The number of H-pyrrole nitrogens is 1. The first-order valence-electron chi connectivity index (χ1n) is 10.5. The molecule has 11 heteroatoms. The smallest absolute Gasteiger partial charge is 0.330 e. The molecular formula is C21H29N3O7S. The third-order valence-electron chi connectivity index (χ3n) is 5.01. The summed E-state index contributed by atoms with van der Waals surface area (Å²) in [4.78, 5) is 24.7. The molecular weight excluding hydrogens is 438 g/mol. The van der Waals surface area contributed by atoms with E-state index < -0.39 is 27.3 Å². The van der Waals surface area contributed by atoms with Gasteiger partial charge in [-0.3, -0.25) is 14.3 Å². The number of ether oxygens (including phenoxy) is 3. The fourth-order valence-electron chi connectivity index (χ4n) is 3.30. The summed E-state index contributed by atoms with van der Waals surface area (Å²) in [6.45, 7) is 3.23. The summed E-state index contributed by atoms with van der Waals surface area (Å²) in [5.74, 6) is 0.599. The van der Waals surface area contributed by atoms with E-state index in [9.17, 15) is 18.0 Å². The minimum atomic E-state index is -3.53. The Kier molecular flexibility index (Phi) is 8.62. The molecule has 1 fully saturated rings. The molecule has 0 spiro atoms. The Morgan fingerprint density at radius 1 is 1.25 bits per heavy atom. The maximum Gasteiger partial charge on any atom is 0.330 e. The molecule has 1 unspecified atom stereocenters. The fraction of sp³-hybridized carbons (Fsp3) is 0.524. The van der Waals surface area contributed by atoms with Gasteiger partial charge in [-0.1, -0.05) is 12.1 Å². The maximum atomic E-state index is 12.4. The molecule has 1 aliphatic rings. The molecule has 1 saturated heterocycles. The van der Waals surface area contributed by atoms with Crippen molar-refractivity contribution in [1.82, 2.24) is 14.3 Å². The zero-order valence-electron chi connectivity index (χ0n) is 18.0. The predicted octanol–water partition coefficient (Wildman–Crippen LogP) is 1.14. The van der Waals surface area contributed by atoms with Crippen molar-refractivity contribution in [1.29, 1.82) is 0 Å². The number of rotatable bonds is 11. The van der Waals surface area contributed by atoms with E-state index in [0.29, 0.717) is 19.0 Å². The highest BCUT2D eigenvalue weighted by Gasteiger charge is 2.18. The molecule has 0 saturated carbocycles. The number of nitrogens with zero attached hydrogens (tertiary/aromatic N) is 1. The number of aromatic nitrogens is 2. The highest BCUT2D eigenvalue weighted by atomic mass is 32.2. The summed E-state index contributed by atoms with van der Waals surface area (Å²) >= 11 is 0. The van der Waals surface area contributed by atoms with Crippen LogP contribution in [0.25, 0.3) is 0 Å². The molecule has 1 aliphatic heterocycles. The Balaban J connectivity index is 1.44. The van der Waals surface area contributed by atoms with Crippen molar-refractivity contribution in [2.24, 2.45) is 0 Å². The van der Waals surface area contributed by atoms with E-state index in [1.54, 1.807) is 6.92 Å². The van der Waals surface area contributed by atoms with Gasteiger partial charge >= 0.3 is 5.69 Å². The van der Waals surface area contributed by atoms with Gasteiger partial charge in [-0.05, 0) is 31.0 Å². The van der Waals surface area contributed by atoms with Gasteiger partial charge in [0.05, 0.1) is 19.0 Å². The van der Waals surface area contributed by atoms with E-state index in [4.69, 9.17) is 14.2 Å². The van der Waals surface area contributed by atoms with Crippen molar-refractivity contribution < 1.29 is 22.6 Å². The second-order valence-electron chi connectivity index (χ2n) is 7.63. The van der Waals surface area contributed by atoms with Gasteiger partial charge < -0.3 is 14.2 Å². The lowest BCUT2D eigenvalue weighted by Gasteiger charge is -2.24. The first-order valence-corrected chi connectivity index (χ1v) is 12.2. The van der Waals surface area contributed by atoms with Gasteiger partial charge in [0.2, 0.25) is 10.0 Å². The third kappa shape index (κ3) is 7.59. The number of aromatic amines is 1. The molecule has 0 aliphatic carbocycles. The molecule has 2 N–H and O–H groups in total. The number of hydrogen-bond donors (Lipinski definition) is 2. The van der Waals surface area contributed by atoms with Crippen molar-refractivity contribution in [2.45, 2.75) is 45.1 Å². The summed E-state index contributed by atoms with van der Waals surface area (Å²) in [6.07, 6.45) is 3.36. The second kappa shape index (κ2) is 11.4. The van der Waals surface area contributed by atoms with Crippen LogP contribution in [0.4, 0.5) is 0 Å². The molecule has 32 heavy (non-hydrogen) atoms. The molecule has 0 radical (unpaired) electrons. The van der Waals surface area contributed by atoms with E-state index in [1.807, 2.05) is 24.3 Å². The average Bonchev–Trinajstić information content (AvgIpc) is 2.75. The van der Waals surface area contributed by atoms with Crippen molar-refractivity contribution in [2.75, 3.05) is 25.6 Å². The maximum absolute atomic E-state index is 12.4. The average molecular weight is 468 g/mol. The third-order valence-corrected chi connectivity index (χ3v) is 6.55. The zero-order chi connectivity index (χ0) is 23.0. The van der Waals surface area contributed by atoms with Crippen LogP contribution < -0.4 is 20.7 Å². The standard InChI is InChI=1S/C21H29N3O7S/c1-16(17-4-2-5-19(14-17)31-18-7-11-29-12-8-18)23-32(27,28)13-3-10-30-15-24-9-6-20(25)22-21(24)26/h2,4-6,9,14,16,18,23H,3,7-8,10-13,15H2,1H3,(H,22,25,26). The van der Waals surface area contributed by atoms with Crippen LogP contribution in [0.1, 0.15) is 37.8 Å². The minimum absolute atomic E-state index is 0.0700. The van der Waals surface area contributed by atoms with Crippen molar-refractivity contribution >= 4 is 10.0 Å². The fourth-order valence-corrected chi connectivity index (χ4v) is 4.59. The van der Waals surface area contributed by atoms with Crippen LogP contribution in [0.15, 0.2) is 46.1 Å². The van der Waals surface area contributed by atoms with Crippen LogP contribution >= 0.6 is 0 Å². The zero-order valence-corrected chi connectivity index (χ0v) is 18.8. The molecule has 1 aromatic heterocycles. The largest absolute Gasteiger partial charge is 0.490 e. The molecule has 0 bridgehead atoms. The number of sulfonamides is 1. The van der Waals surface area contributed by atoms with Crippen molar-refractivity contribution in [3.05, 3.63) is 62.9 Å². The van der Waals surface area contributed by atoms with Gasteiger partial charge in [0, 0.05) is 37.8 Å². The molecule has 0 amide bonds. The summed E-state index contributed by atoms with van der Waals surface area (Å²) in [5.41, 5.74) is -0.256. The molecule has 3 rings (SSSR count). The van der Waals surface area contributed by atoms with Gasteiger partial charge in [0.25, 0.3) is 5.56 Å². The minimum Gasteiger partial charge on any atom is -0.490 e. The monoisotopic (exact) mass is 467 g/mol. The van der Waals surface area contributed by atoms with E-state index >= 15 is 0 Å². The molecule has 1 aromatic carbocycles. The first-order chi connectivity index (χ1) is 15.3. The van der Waals surface area contributed by atoms with Crippen LogP contribution in [0.2, 0.25) is 0 Å². The highest BCUT2D eigenvalue weighted by Crippen LogP contribution is 2.23. The lowest BCUT2D eigenvalue weighted by atomic mass is 10.1. The lowest BCUT2D eigenvalue weighted by molar-refractivity contribution is 0.0255. The summed E-state index contributed by atoms with van der Waals surface area (Å²) in [6, 6.07) is 8.22. The summed E-state index contributed by atoms with van der Waals surface area (Å²) in [7, 11) is -3.53. The summed E-state index contributed by atoms with van der Waals surface area (Å²) in [5, 5.41) is 0. The number of nitrogens with one attached hydrogen (secondary N) is 2. The first kappa shape index (κ1) is 24.2. The number of benzene rings is 1. The number of hydrogen-bond acceptors (Lipinski definition) is 7. The molecule has 2 aromatic rings. The van der Waals surface area contributed by atoms with Crippen LogP contribution in [0.3, 0.4) is 0 Å². The Morgan fingerprint density at radius 3 is 2.78 bits per heavy atom. The SMILES string of the molecule is CC(NS(=O)(=O)CCCOCn1ccc(=O)[nH]c1=O)c1cccc(OC2CCOCC2)c1.